The van der Waals surface area contributed by atoms with Gasteiger partial charge < -0.3 is 4.74 Å². The van der Waals surface area contributed by atoms with Crippen LogP contribution >= 0.6 is 0 Å². The Labute approximate surface area is 86.3 Å². The van der Waals surface area contributed by atoms with E-state index in [4.69, 9.17) is 4.74 Å². The maximum atomic E-state index is 11.9. The number of hydrogen-bond donors (Lipinski definition) is 0. The number of allylic oxidation sites excluding steroid dienone is 1. The lowest BCUT2D eigenvalue weighted by atomic mass is 9.66. The van der Waals surface area contributed by atoms with Gasteiger partial charge in [-0.3, -0.25) is 4.79 Å². The van der Waals surface area contributed by atoms with Crippen LogP contribution in [0.2, 0.25) is 0 Å². The molecule has 0 aromatic heterocycles. The van der Waals surface area contributed by atoms with Crippen LogP contribution in [0.1, 0.15) is 39.5 Å². The molecule has 0 aliphatic heterocycles. The van der Waals surface area contributed by atoms with Gasteiger partial charge in [0.15, 0.2) is 0 Å². The molecule has 2 nitrogen and oxygen atoms in total. The summed E-state index contributed by atoms with van der Waals surface area (Å²) in [4.78, 5) is 11.9. The van der Waals surface area contributed by atoms with E-state index < -0.39 is 0 Å². The molecular formula is C12H20O2. The molecular weight excluding hydrogens is 176 g/mol. The molecule has 0 saturated heterocycles. The Morgan fingerprint density at radius 1 is 1.50 bits per heavy atom. The molecule has 0 radical (unpaired) electrons. The monoisotopic (exact) mass is 196 g/mol. The molecule has 1 fully saturated rings. The lowest BCUT2D eigenvalue weighted by molar-refractivity contribution is -0.158. The molecule has 0 bridgehead atoms. The first-order valence-electron chi connectivity index (χ1n) is 5.19. The van der Waals surface area contributed by atoms with Crippen LogP contribution in [0.25, 0.3) is 0 Å². The van der Waals surface area contributed by atoms with E-state index in [1.807, 2.05) is 6.08 Å². The van der Waals surface area contributed by atoms with Crippen molar-refractivity contribution < 1.29 is 9.53 Å². The topological polar surface area (TPSA) is 26.3 Å². The van der Waals surface area contributed by atoms with Crippen LogP contribution < -0.4 is 0 Å². The first kappa shape index (κ1) is 11.3. The molecule has 1 atom stereocenters. The molecule has 1 aliphatic carbocycles. The van der Waals surface area contributed by atoms with Crippen LogP contribution in [0, 0.1) is 10.8 Å². The first-order valence-corrected chi connectivity index (χ1v) is 5.19. The highest BCUT2D eigenvalue weighted by Crippen LogP contribution is 2.55. The van der Waals surface area contributed by atoms with Gasteiger partial charge in [0.2, 0.25) is 0 Å². The highest BCUT2D eigenvalue weighted by Gasteiger charge is 2.53. The lowest BCUT2D eigenvalue weighted by Gasteiger charge is -2.38. The molecule has 80 valence electrons. The summed E-state index contributed by atoms with van der Waals surface area (Å²) < 4.78 is 4.94. The molecule has 0 aromatic rings. The van der Waals surface area contributed by atoms with Gasteiger partial charge in [-0.1, -0.05) is 26.3 Å². The van der Waals surface area contributed by atoms with Crippen molar-refractivity contribution in [3.05, 3.63) is 12.7 Å². The highest BCUT2D eigenvalue weighted by molar-refractivity contribution is 5.78. The van der Waals surface area contributed by atoms with Gasteiger partial charge in [0.1, 0.15) is 0 Å². The van der Waals surface area contributed by atoms with E-state index in [0.717, 1.165) is 25.7 Å². The summed E-state index contributed by atoms with van der Waals surface area (Å²) in [6.45, 7) is 8.05. The van der Waals surface area contributed by atoms with Crippen LogP contribution in [0.4, 0.5) is 0 Å². The van der Waals surface area contributed by atoms with E-state index in [9.17, 15) is 4.79 Å². The molecule has 0 N–H and O–H groups in total. The van der Waals surface area contributed by atoms with Gasteiger partial charge in [0.05, 0.1) is 12.5 Å². The Hall–Kier alpha value is -0.790. The van der Waals surface area contributed by atoms with Crippen molar-refractivity contribution in [1.82, 2.24) is 0 Å². The molecule has 1 saturated carbocycles. The van der Waals surface area contributed by atoms with Crippen LogP contribution in [0.3, 0.4) is 0 Å². The quantitative estimate of drug-likeness (QED) is 0.512. The second kappa shape index (κ2) is 3.76. The Kier molecular flexibility index (Phi) is 3.03. The number of esters is 1. The van der Waals surface area contributed by atoms with Gasteiger partial charge >= 0.3 is 5.97 Å². The zero-order valence-electron chi connectivity index (χ0n) is 9.43. The standard InChI is InChI=1S/C12H20O2/c1-5-7-12(10(13)14-4)9-6-8-11(12,2)3/h5H,1,6-9H2,2-4H3. The van der Waals surface area contributed by atoms with Gasteiger partial charge in [-0.15, -0.1) is 6.58 Å². The largest absolute Gasteiger partial charge is 0.469 e. The Morgan fingerprint density at radius 3 is 2.50 bits per heavy atom. The maximum absolute atomic E-state index is 11.9. The molecule has 1 unspecified atom stereocenters. The fourth-order valence-corrected chi connectivity index (χ4v) is 2.69. The Bertz CT molecular complexity index is 243. The van der Waals surface area contributed by atoms with E-state index in [1.165, 1.54) is 7.11 Å². The number of carbonyl (C=O) groups excluding carboxylic acids is 1. The van der Waals surface area contributed by atoms with Gasteiger partial charge in [0.25, 0.3) is 0 Å². The molecule has 2 heteroatoms. The van der Waals surface area contributed by atoms with Crippen molar-refractivity contribution in [1.29, 1.82) is 0 Å². The third kappa shape index (κ3) is 1.47. The van der Waals surface area contributed by atoms with Gasteiger partial charge in [-0.2, -0.15) is 0 Å². The fraction of sp³-hybridized carbons (Fsp3) is 0.750. The summed E-state index contributed by atoms with van der Waals surface area (Å²) in [6, 6.07) is 0. The van der Waals surface area contributed by atoms with Crippen molar-refractivity contribution >= 4 is 5.97 Å². The lowest BCUT2D eigenvalue weighted by Crippen LogP contribution is -2.40. The fourth-order valence-electron chi connectivity index (χ4n) is 2.69. The van der Waals surface area contributed by atoms with Gasteiger partial charge in [0, 0.05) is 0 Å². The van der Waals surface area contributed by atoms with E-state index in [1.54, 1.807) is 0 Å². The predicted octanol–water partition coefficient (Wildman–Crippen LogP) is 2.93. The Balaban J connectivity index is 3.03. The second-order valence-electron chi connectivity index (χ2n) is 4.80. The average Bonchev–Trinajstić information content (AvgIpc) is 2.42. The number of methoxy groups -OCH3 is 1. The van der Waals surface area contributed by atoms with E-state index in [0.29, 0.717) is 0 Å². The summed E-state index contributed by atoms with van der Waals surface area (Å²) >= 11 is 0. The average molecular weight is 196 g/mol. The van der Waals surface area contributed by atoms with Gasteiger partial charge in [-0.25, -0.2) is 0 Å². The van der Waals surface area contributed by atoms with Crippen molar-refractivity contribution in [2.24, 2.45) is 10.8 Å². The van der Waals surface area contributed by atoms with Gasteiger partial charge in [-0.05, 0) is 24.7 Å². The van der Waals surface area contributed by atoms with Crippen molar-refractivity contribution in [3.8, 4) is 0 Å². The van der Waals surface area contributed by atoms with Crippen LogP contribution in [0.15, 0.2) is 12.7 Å². The van der Waals surface area contributed by atoms with Crippen molar-refractivity contribution in [2.45, 2.75) is 39.5 Å². The highest BCUT2D eigenvalue weighted by atomic mass is 16.5. The number of rotatable bonds is 3. The first-order chi connectivity index (χ1) is 6.50. The van der Waals surface area contributed by atoms with Crippen molar-refractivity contribution in [3.63, 3.8) is 0 Å². The number of ether oxygens (including phenoxy) is 1. The summed E-state index contributed by atoms with van der Waals surface area (Å²) in [7, 11) is 1.47. The zero-order chi connectivity index (χ0) is 10.8. The van der Waals surface area contributed by atoms with Crippen LogP contribution in [-0.4, -0.2) is 13.1 Å². The van der Waals surface area contributed by atoms with Crippen LogP contribution in [0.5, 0.6) is 0 Å². The number of carbonyl (C=O) groups is 1. The minimum absolute atomic E-state index is 0.0360. The minimum Gasteiger partial charge on any atom is -0.469 e. The number of hydrogen-bond acceptors (Lipinski definition) is 2. The molecule has 14 heavy (non-hydrogen) atoms. The normalized spacial score (nSPS) is 29.9. The summed E-state index contributed by atoms with van der Waals surface area (Å²) in [6.07, 6.45) is 5.70. The maximum Gasteiger partial charge on any atom is 0.312 e. The molecule has 0 heterocycles. The zero-order valence-corrected chi connectivity index (χ0v) is 9.43. The van der Waals surface area contributed by atoms with Crippen LogP contribution in [-0.2, 0) is 9.53 Å². The minimum atomic E-state index is -0.330. The van der Waals surface area contributed by atoms with E-state index >= 15 is 0 Å². The summed E-state index contributed by atoms with van der Waals surface area (Å²) in [5.74, 6) is -0.0695. The smallest absolute Gasteiger partial charge is 0.312 e. The van der Waals surface area contributed by atoms with E-state index in [-0.39, 0.29) is 16.8 Å². The van der Waals surface area contributed by atoms with E-state index in [2.05, 4.69) is 20.4 Å². The predicted molar refractivity (Wildman–Crippen MR) is 56.9 cm³/mol. The third-order valence-corrected chi connectivity index (χ3v) is 3.77. The summed E-state index contributed by atoms with van der Waals surface area (Å²) in [5.41, 5.74) is -0.294. The molecule has 0 spiro atoms. The molecule has 1 rings (SSSR count). The summed E-state index contributed by atoms with van der Waals surface area (Å²) in [5, 5.41) is 0. The molecule has 0 amide bonds. The second-order valence-corrected chi connectivity index (χ2v) is 4.80. The third-order valence-electron chi connectivity index (χ3n) is 3.77. The van der Waals surface area contributed by atoms with Crippen molar-refractivity contribution in [2.75, 3.05) is 7.11 Å². The Morgan fingerprint density at radius 2 is 2.14 bits per heavy atom. The molecule has 0 aromatic carbocycles. The molecule has 1 aliphatic rings. The SMILES string of the molecule is C=CCC1(C(=O)OC)CCCC1(C)C.